The Morgan fingerprint density at radius 1 is 1.29 bits per heavy atom. The van der Waals surface area contributed by atoms with Crippen molar-refractivity contribution in [3.05, 3.63) is 34.6 Å². The van der Waals surface area contributed by atoms with Crippen molar-refractivity contribution in [2.45, 2.75) is 20.8 Å². The summed E-state index contributed by atoms with van der Waals surface area (Å²) in [6, 6.07) is 0. The molecular formula is C9H17NO4. The van der Waals surface area contributed by atoms with Crippen molar-refractivity contribution >= 4 is 6.29 Å². The first-order chi connectivity index (χ1) is 6.60. The first-order valence-corrected chi connectivity index (χ1v) is 3.98. The van der Waals surface area contributed by atoms with Gasteiger partial charge in [0, 0.05) is 4.92 Å². The second-order valence-corrected chi connectivity index (χ2v) is 1.80. The number of rotatable bonds is 2. The van der Waals surface area contributed by atoms with Crippen LogP contribution < -0.4 is 0 Å². The van der Waals surface area contributed by atoms with Crippen molar-refractivity contribution in [3.63, 3.8) is 0 Å². The summed E-state index contributed by atoms with van der Waals surface area (Å²) in [6.07, 6.45) is 6.46. The summed E-state index contributed by atoms with van der Waals surface area (Å²) in [5, 5.41) is 17.2. The number of hydrogen-bond donors (Lipinski definition) is 1. The molecule has 5 heteroatoms. The molecule has 0 aliphatic carbocycles. The maximum Gasteiger partial charge on any atom is 0.222 e. The summed E-state index contributed by atoms with van der Waals surface area (Å²) >= 11 is 0. The van der Waals surface area contributed by atoms with Gasteiger partial charge >= 0.3 is 0 Å². The Morgan fingerprint density at radius 3 is 1.71 bits per heavy atom. The number of aldehydes is 1. The minimum absolute atomic E-state index is 0.0590. The van der Waals surface area contributed by atoms with E-state index in [0.29, 0.717) is 0 Å². The number of allylic oxidation sites excluding steroid dienone is 2. The molecular weight excluding hydrogens is 186 g/mol. The molecule has 0 saturated heterocycles. The molecule has 0 aromatic heterocycles. The van der Waals surface area contributed by atoms with E-state index in [0.717, 1.165) is 12.5 Å². The number of hydrogen-bond acceptors (Lipinski definition) is 4. The first kappa shape index (κ1) is 18.2. The van der Waals surface area contributed by atoms with Gasteiger partial charge in [-0.15, -0.1) is 0 Å². The van der Waals surface area contributed by atoms with E-state index < -0.39 is 0 Å². The average molecular weight is 203 g/mol. The van der Waals surface area contributed by atoms with Gasteiger partial charge in [0.15, 0.2) is 0 Å². The molecule has 0 rings (SSSR count). The van der Waals surface area contributed by atoms with Gasteiger partial charge in [-0.05, 0) is 26.8 Å². The molecule has 0 unspecified atom stereocenters. The minimum Gasteiger partial charge on any atom is -0.516 e. The summed E-state index contributed by atoms with van der Waals surface area (Å²) < 4.78 is 0. The zero-order valence-electron chi connectivity index (χ0n) is 8.71. The number of nitro groups is 1. The molecule has 0 saturated carbocycles. The lowest BCUT2D eigenvalue weighted by Gasteiger charge is -1.78. The van der Waals surface area contributed by atoms with Crippen LogP contribution in [0.2, 0.25) is 0 Å². The molecule has 0 heterocycles. The van der Waals surface area contributed by atoms with E-state index in [-0.39, 0.29) is 11.5 Å². The predicted octanol–water partition coefficient (Wildman–Crippen LogP) is 2.12. The summed E-state index contributed by atoms with van der Waals surface area (Å²) in [5.41, 5.74) is 0. The van der Waals surface area contributed by atoms with Gasteiger partial charge in [-0.2, -0.15) is 0 Å². The van der Waals surface area contributed by atoms with Crippen molar-refractivity contribution in [2.75, 3.05) is 6.54 Å². The quantitative estimate of drug-likeness (QED) is 0.245. The van der Waals surface area contributed by atoms with Gasteiger partial charge in [0.2, 0.25) is 6.54 Å². The number of carbonyl (C=O) groups excluding carboxylic acids is 1. The molecule has 0 bridgehead atoms. The molecule has 82 valence electrons. The first-order valence-electron chi connectivity index (χ1n) is 3.98. The molecule has 14 heavy (non-hydrogen) atoms. The monoisotopic (exact) mass is 203 g/mol. The van der Waals surface area contributed by atoms with Crippen LogP contribution in [-0.2, 0) is 4.79 Å². The fraction of sp³-hybridized carbons (Fsp3) is 0.444. The van der Waals surface area contributed by atoms with Gasteiger partial charge in [-0.1, -0.05) is 12.2 Å². The summed E-state index contributed by atoms with van der Waals surface area (Å²) in [7, 11) is 0. The van der Waals surface area contributed by atoms with Crippen molar-refractivity contribution in [2.24, 2.45) is 0 Å². The zero-order valence-corrected chi connectivity index (χ0v) is 8.71. The van der Waals surface area contributed by atoms with Crippen molar-refractivity contribution in [1.82, 2.24) is 0 Å². The molecule has 0 radical (unpaired) electrons. The van der Waals surface area contributed by atoms with E-state index in [1.54, 1.807) is 26.0 Å². The highest BCUT2D eigenvalue weighted by Gasteiger charge is 1.83. The molecule has 0 amide bonds. The van der Waals surface area contributed by atoms with E-state index in [1.807, 2.05) is 0 Å². The SMILES string of the molecule is C/C=C/O.C/C=C\C[N+](=O)[O-].CC=O. The van der Waals surface area contributed by atoms with E-state index in [1.165, 1.54) is 13.0 Å². The largest absolute Gasteiger partial charge is 0.516 e. The third-order valence-corrected chi connectivity index (χ3v) is 0.639. The Hall–Kier alpha value is -1.65. The molecule has 0 fully saturated rings. The van der Waals surface area contributed by atoms with Gasteiger partial charge in [0.05, 0.1) is 6.26 Å². The summed E-state index contributed by atoms with van der Waals surface area (Å²) in [4.78, 5) is 17.9. The Labute approximate surface area is 83.9 Å². The molecule has 0 aromatic carbocycles. The van der Waals surface area contributed by atoms with Crippen LogP contribution in [0.5, 0.6) is 0 Å². The number of nitrogens with zero attached hydrogens (tertiary/aromatic N) is 1. The molecule has 1 N–H and O–H groups in total. The van der Waals surface area contributed by atoms with E-state index >= 15 is 0 Å². The average Bonchev–Trinajstić information content (AvgIpc) is 2.16. The van der Waals surface area contributed by atoms with Crippen molar-refractivity contribution < 1.29 is 14.8 Å². The van der Waals surface area contributed by atoms with E-state index in [2.05, 4.69) is 0 Å². The topological polar surface area (TPSA) is 80.4 Å². The third-order valence-electron chi connectivity index (χ3n) is 0.639. The highest BCUT2D eigenvalue weighted by Crippen LogP contribution is 1.70. The third kappa shape index (κ3) is 80.6. The van der Waals surface area contributed by atoms with Crippen LogP contribution in [0.25, 0.3) is 0 Å². The molecule has 0 atom stereocenters. The Bertz CT molecular complexity index is 172. The Kier molecular flexibility index (Phi) is 29.3. The van der Waals surface area contributed by atoms with Crippen LogP contribution in [-0.4, -0.2) is 22.9 Å². The van der Waals surface area contributed by atoms with Crippen LogP contribution in [0.1, 0.15) is 20.8 Å². The molecule has 0 spiro atoms. The van der Waals surface area contributed by atoms with Crippen LogP contribution in [0.3, 0.4) is 0 Å². The fourth-order valence-electron chi connectivity index (χ4n) is 0.191. The van der Waals surface area contributed by atoms with Crippen molar-refractivity contribution in [3.8, 4) is 0 Å². The molecule has 0 aliphatic heterocycles. The minimum atomic E-state index is -0.375. The smallest absolute Gasteiger partial charge is 0.222 e. The van der Waals surface area contributed by atoms with Crippen LogP contribution >= 0.6 is 0 Å². The molecule has 5 nitrogen and oxygen atoms in total. The lowest BCUT2D eigenvalue weighted by Crippen LogP contribution is -1.94. The number of carbonyl (C=O) groups is 1. The van der Waals surface area contributed by atoms with Crippen LogP contribution in [0.4, 0.5) is 0 Å². The molecule has 0 aliphatic rings. The normalized spacial score (nSPS) is 8.50. The molecule has 0 aromatic rings. The second-order valence-electron chi connectivity index (χ2n) is 1.80. The van der Waals surface area contributed by atoms with Crippen LogP contribution in [0, 0.1) is 10.1 Å². The highest BCUT2D eigenvalue weighted by molar-refractivity contribution is 5.44. The maximum absolute atomic E-state index is 9.51. The van der Waals surface area contributed by atoms with Gasteiger partial charge in [-0.25, -0.2) is 0 Å². The van der Waals surface area contributed by atoms with Crippen molar-refractivity contribution in [1.29, 1.82) is 0 Å². The standard InChI is InChI=1S/C4H7NO2.C3H6O.C2H4O/c1-2-3-4-5(6)7;1-2-3-4;1-2-3/h2-3H,4H2,1H3;2-4H,1H3;2H,1H3/b3-2-;3-2+;. The van der Waals surface area contributed by atoms with Crippen LogP contribution in [0.15, 0.2) is 24.5 Å². The Morgan fingerprint density at radius 2 is 1.64 bits per heavy atom. The van der Waals surface area contributed by atoms with E-state index in [9.17, 15) is 10.1 Å². The van der Waals surface area contributed by atoms with Gasteiger partial charge in [0.25, 0.3) is 0 Å². The van der Waals surface area contributed by atoms with E-state index in [4.69, 9.17) is 9.90 Å². The Balaban J connectivity index is -0.000000147. The predicted molar refractivity (Wildman–Crippen MR) is 55.9 cm³/mol. The number of aliphatic hydroxyl groups excluding tert-OH is 1. The fourth-order valence-corrected chi connectivity index (χ4v) is 0.191. The summed E-state index contributed by atoms with van der Waals surface area (Å²) in [6.45, 7) is 4.89. The lowest BCUT2D eigenvalue weighted by molar-refractivity contribution is -0.468. The maximum atomic E-state index is 9.51. The zero-order chi connectivity index (χ0) is 11.8. The lowest BCUT2D eigenvalue weighted by atomic mass is 10.5. The van der Waals surface area contributed by atoms with Gasteiger partial charge in [0.1, 0.15) is 6.29 Å². The van der Waals surface area contributed by atoms with Gasteiger partial charge < -0.3 is 9.90 Å². The summed E-state index contributed by atoms with van der Waals surface area (Å²) in [5.74, 6) is 0. The second kappa shape index (κ2) is 22.5. The highest BCUT2D eigenvalue weighted by atomic mass is 16.6. The number of aliphatic hydroxyl groups is 1. The van der Waals surface area contributed by atoms with Gasteiger partial charge in [-0.3, -0.25) is 10.1 Å².